The molecule has 0 saturated carbocycles. The molecule has 3 heteroatoms. The zero-order valence-electron chi connectivity index (χ0n) is 11.4. The molecule has 1 aromatic rings. The first-order valence-corrected chi connectivity index (χ1v) is 6.31. The Balaban J connectivity index is 2.84. The highest BCUT2D eigenvalue weighted by molar-refractivity contribution is 6.31. The first-order chi connectivity index (χ1) is 7.75. The van der Waals surface area contributed by atoms with Gasteiger partial charge in [0.1, 0.15) is 0 Å². The number of aryl methyl sites for hydroxylation is 1. The third-order valence-corrected chi connectivity index (χ3v) is 4.06. The summed E-state index contributed by atoms with van der Waals surface area (Å²) in [6, 6.07) is 6.20. The molecule has 1 aromatic carbocycles. The summed E-state index contributed by atoms with van der Waals surface area (Å²) in [6.07, 6.45) is 0.796. The Morgan fingerprint density at radius 3 is 2.41 bits per heavy atom. The summed E-state index contributed by atoms with van der Waals surface area (Å²) >= 11 is 6.23. The van der Waals surface area contributed by atoms with E-state index in [1.54, 1.807) is 0 Å². The molecule has 0 aliphatic heterocycles. The summed E-state index contributed by atoms with van der Waals surface area (Å²) in [5, 5.41) is 0.815. The molecule has 0 fully saturated rings. The Morgan fingerprint density at radius 1 is 1.35 bits per heavy atom. The molecule has 0 aliphatic carbocycles. The van der Waals surface area contributed by atoms with E-state index in [0.717, 1.165) is 17.0 Å². The third-order valence-electron chi connectivity index (χ3n) is 3.71. The van der Waals surface area contributed by atoms with Crippen LogP contribution in [-0.4, -0.2) is 30.6 Å². The second-order valence-corrected chi connectivity index (χ2v) is 5.86. The fourth-order valence-corrected chi connectivity index (χ4v) is 1.95. The smallest absolute Gasteiger partial charge is 0.0441 e. The topological polar surface area (TPSA) is 29.3 Å². The number of hydrogen-bond acceptors (Lipinski definition) is 2. The van der Waals surface area contributed by atoms with Gasteiger partial charge in [0.2, 0.25) is 0 Å². The lowest BCUT2D eigenvalue weighted by atomic mass is 9.89. The summed E-state index contributed by atoms with van der Waals surface area (Å²) in [5.41, 5.74) is 8.55. The van der Waals surface area contributed by atoms with Gasteiger partial charge in [0.25, 0.3) is 0 Å². The lowest BCUT2D eigenvalue weighted by Crippen LogP contribution is -2.54. The molecule has 0 aromatic heterocycles. The number of nitrogens with zero attached hydrogens (tertiary/aromatic N) is 1. The molecule has 1 unspecified atom stereocenters. The maximum atomic E-state index is 6.29. The normalized spacial score (nSPS) is 14.1. The Morgan fingerprint density at radius 2 is 1.94 bits per heavy atom. The molecule has 0 aliphatic rings. The summed E-state index contributed by atoms with van der Waals surface area (Å²) in [5.74, 6) is 0. The Kier molecular flexibility index (Phi) is 4.59. The van der Waals surface area contributed by atoms with Crippen molar-refractivity contribution in [2.45, 2.75) is 38.8 Å². The maximum absolute atomic E-state index is 6.29. The second-order valence-electron chi connectivity index (χ2n) is 5.45. The van der Waals surface area contributed by atoms with Gasteiger partial charge >= 0.3 is 0 Å². The van der Waals surface area contributed by atoms with E-state index >= 15 is 0 Å². The first kappa shape index (κ1) is 14.5. The van der Waals surface area contributed by atoms with Gasteiger partial charge in [-0.3, -0.25) is 0 Å². The van der Waals surface area contributed by atoms with Crippen LogP contribution in [-0.2, 0) is 6.42 Å². The average Bonchev–Trinajstić information content (AvgIpc) is 2.21. The van der Waals surface area contributed by atoms with Crippen molar-refractivity contribution >= 4 is 11.6 Å². The van der Waals surface area contributed by atoms with E-state index in [9.17, 15) is 0 Å². The SMILES string of the molecule is Cc1ccc(CC(N)C(C)(C)N(C)C)c(Cl)c1. The van der Waals surface area contributed by atoms with Crippen LogP contribution in [0, 0.1) is 6.92 Å². The van der Waals surface area contributed by atoms with Gasteiger partial charge in [-0.15, -0.1) is 0 Å². The van der Waals surface area contributed by atoms with Gasteiger partial charge in [0.15, 0.2) is 0 Å². The van der Waals surface area contributed by atoms with Crippen LogP contribution in [0.15, 0.2) is 18.2 Å². The average molecular weight is 255 g/mol. The van der Waals surface area contributed by atoms with Crippen molar-refractivity contribution in [1.29, 1.82) is 0 Å². The molecule has 2 nitrogen and oxygen atoms in total. The number of halogens is 1. The first-order valence-electron chi connectivity index (χ1n) is 5.93. The molecule has 0 amide bonds. The number of benzene rings is 1. The summed E-state index contributed by atoms with van der Waals surface area (Å²) < 4.78 is 0. The Bertz CT molecular complexity index is 386. The largest absolute Gasteiger partial charge is 0.326 e. The van der Waals surface area contributed by atoms with Gasteiger partial charge in [-0.05, 0) is 58.5 Å². The van der Waals surface area contributed by atoms with E-state index in [0.29, 0.717) is 0 Å². The van der Waals surface area contributed by atoms with Crippen LogP contribution in [0.25, 0.3) is 0 Å². The molecular formula is C14H23ClN2. The van der Waals surface area contributed by atoms with Gasteiger partial charge in [-0.1, -0.05) is 23.7 Å². The van der Waals surface area contributed by atoms with E-state index < -0.39 is 0 Å². The van der Waals surface area contributed by atoms with Gasteiger partial charge in [0, 0.05) is 16.6 Å². The number of nitrogens with two attached hydrogens (primary N) is 1. The molecule has 1 rings (SSSR count). The fourth-order valence-electron chi connectivity index (χ4n) is 1.64. The molecule has 0 radical (unpaired) electrons. The Hall–Kier alpha value is -0.570. The minimum absolute atomic E-state index is 0.0474. The van der Waals surface area contributed by atoms with Crippen LogP contribution >= 0.6 is 11.6 Å². The molecule has 17 heavy (non-hydrogen) atoms. The molecule has 0 heterocycles. The zero-order chi connectivity index (χ0) is 13.2. The van der Waals surface area contributed by atoms with Crippen molar-refractivity contribution in [3.05, 3.63) is 34.3 Å². The molecule has 2 N–H and O–H groups in total. The lowest BCUT2D eigenvalue weighted by molar-refractivity contribution is 0.158. The minimum Gasteiger partial charge on any atom is -0.326 e. The molecule has 0 spiro atoms. The predicted octanol–water partition coefficient (Wildman–Crippen LogP) is 2.86. The van der Waals surface area contributed by atoms with Crippen LogP contribution in [0.3, 0.4) is 0 Å². The predicted molar refractivity (Wildman–Crippen MR) is 75.6 cm³/mol. The highest BCUT2D eigenvalue weighted by atomic mass is 35.5. The van der Waals surface area contributed by atoms with Gasteiger partial charge in [-0.2, -0.15) is 0 Å². The van der Waals surface area contributed by atoms with Crippen LogP contribution < -0.4 is 5.73 Å². The quantitative estimate of drug-likeness (QED) is 0.895. The van der Waals surface area contributed by atoms with E-state index in [-0.39, 0.29) is 11.6 Å². The van der Waals surface area contributed by atoms with Gasteiger partial charge in [0.05, 0.1) is 0 Å². The second kappa shape index (κ2) is 5.38. The van der Waals surface area contributed by atoms with Crippen LogP contribution in [0.2, 0.25) is 5.02 Å². The van der Waals surface area contributed by atoms with E-state index in [1.165, 1.54) is 5.56 Å². The molecule has 96 valence electrons. The molecule has 1 atom stereocenters. The van der Waals surface area contributed by atoms with Crippen molar-refractivity contribution in [3.63, 3.8) is 0 Å². The fraction of sp³-hybridized carbons (Fsp3) is 0.571. The molecular weight excluding hydrogens is 232 g/mol. The van der Waals surface area contributed by atoms with Crippen molar-refractivity contribution < 1.29 is 0 Å². The highest BCUT2D eigenvalue weighted by Crippen LogP contribution is 2.23. The minimum atomic E-state index is -0.0474. The number of likely N-dealkylation sites (N-methyl/N-ethyl adjacent to an activating group) is 1. The van der Waals surface area contributed by atoms with Gasteiger partial charge in [-0.25, -0.2) is 0 Å². The van der Waals surface area contributed by atoms with Crippen molar-refractivity contribution in [2.75, 3.05) is 14.1 Å². The van der Waals surface area contributed by atoms with E-state index in [1.807, 2.05) is 13.0 Å². The molecule has 0 saturated heterocycles. The standard InChI is InChI=1S/C14H23ClN2/c1-10-6-7-11(12(15)8-10)9-13(16)14(2,3)17(4)5/h6-8,13H,9,16H2,1-5H3. The maximum Gasteiger partial charge on any atom is 0.0441 e. The van der Waals surface area contributed by atoms with Crippen molar-refractivity contribution in [1.82, 2.24) is 4.90 Å². The Labute approximate surface area is 110 Å². The molecule has 0 bridgehead atoms. The number of rotatable bonds is 4. The lowest BCUT2D eigenvalue weighted by Gasteiger charge is -2.38. The van der Waals surface area contributed by atoms with Crippen molar-refractivity contribution in [2.24, 2.45) is 5.73 Å². The monoisotopic (exact) mass is 254 g/mol. The van der Waals surface area contributed by atoms with Crippen LogP contribution in [0.1, 0.15) is 25.0 Å². The van der Waals surface area contributed by atoms with E-state index in [4.69, 9.17) is 17.3 Å². The zero-order valence-corrected chi connectivity index (χ0v) is 12.2. The summed E-state index contributed by atoms with van der Waals surface area (Å²) in [7, 11) is 4.10. The van der Waals surface area contributed by atoms with Crippen LogP contribution in [0.5, 0.6) is 0 Å². The highest BCUT2D eigenvalue weighted by Gasteiger charge is 2.28. The summed E-state index contributed by atoms with van der Waals surface area (Å²) in [6.45, 7) is 6.35. The van der Waals surface area contributed by atoms with Crippen LogP contribution in [0.4, 0.5) is 0 Å². The summed E-state index contributed by atoms with van der Waals surface area (Å²) in [4.78, 5) is 2.15. The third kappa shape index (κ3) is 3.44. The van der Waals surface area contributed by atoms with Gasteiger partial charge < -0.3 is 10.6 Å². The van der Waals surface area contributed by atoms with E-state index in [2.05, 4.69) is 45.0 Å². The van der Waals surface area contributed by atoms with Crippen molar-refractivity contribution in [3.8, 4) is 0 Å². The number of hydrogen-bond donors (Lipinski definition) is 1.